The van der Waals surface area contributed by atoms with Gasteiger partial charge in [0.05, 0.1) is 6.26 Å². The van der Waals surface area contributed by atoms with Gasteiger partial charge in [0.1, 0.15) is 12.4 Å². The number of furan rings is 1. The van der Waals surface area contributed by atoms with Crippen LogP contribution < -0.4 is 5.32 Å². The molecule has 1 saturated carbocycles. The Hall–Kier alpha value is -0.800. The largest absolute Gasteiger partial charge is 0.467 e. The van der Waals surface area contributed by atoms with Crippen LogP contribution in [0.2, 0.25) is 0 Å². The molecule has 20 heavy (non-hydrogen) atoms. The predicted molar refractivity (Wildman–Crippen MR) is 81.6 cm³/mol. The van der Waals surface area contributed by atoms with Crippen molar-refractivity contribution in [2.45, 2.75) is 59.1 Å². The zero-order valence-corrected chi connectivity index (χ0v) is 13.2. The van der Waals surface area contributed by atoms with E-state index in [4.69, 9.17) is 9.15 Å². The minimum absolute atomic E-state index is 0.491. The fourth-order valence-electron chi connectivity index (χ4n) is 3.55. The van der Waals surface area contributed by atoms with E-state index in [0.717, 1.165) is 31.3 Å². The van der Waals surface area contributed by atoms with Gasteiger partial charge in [-0.1, -0.05) is 20.8 Å². The number of nitrogens with one attached hydrogen (secondary N) is 1. The average Bonchev–Trinajstić information content (AvgIpc) is 2.84. The lowest BCUT2D eigenvalue weighted by atomic mass is 9.70. The van der Waals surface area contributed by atoms with Crippen LogP contribution in [-0.2, 0) is 11.3 Å². The molecule has 2 atom stereocenters. The molecule has 1 aliphatic rings. The lowest BCUT2D eigenvalue weighted by Crippen LogP contribution is -2.40. The van der Waals surface area contributed by atoms with Crippen LogP contribution in [0.5, 0.6) is 0 Å². The second-order valence-corrected chi connectivity index (χ2v) is 7.05. The van der Waals surface area contributed by atoms with Crippen LogP contribution in [0.25, 0.3) is 0 Å². The smallest absolute Gasteiger partial charge is 0.129 e. The number of rotatable bonds is 7. The SMILES string of the molecule is CC1CC(NCCCOCc2ccco2)CC(C)(C)C1. The van der Waals surface area contributed by atoms with Gasteiger partial charge < -0.3 is 14.5 Å². The standard InChI is InChI=1S/C17H29NO2/c1-14-10-15(12-17(2,3)11-14)18-7-5-8-19-13-16-6-4-9-20-16/h4,6,9,14-15,18H,5,7-8,10-13H2,1-3H3. The van der Waals surface area contributed by atoms with Gasteiger partial charge >= 0.3 is 0 Å². The Balaban J connectivity index is 1.54. The molecular weight excluding hydrogens is 250 g/mol. The second-order valence-electron chi connectivity index (χ2n) is 7.05. The average molecular weight is 279 g/mol. The highest BCUT2D eigenvalue weighted by atomic mass is 16.5. The van der Waals surface area contributed by atoms with Gasteiger partial charge in [-0.25, -0.2) is 0 Å². The maximum atomic E-state index is 5.60. The third kappa shape index (κ3) is 5.29. The molecule has 1 aromatic heterocycles. The molecule has 0 aliphatic heterocycles. The molecule has 0 saturated heterocycles. The monoisotopic (exact) mass is 279 g/mol. The molecule has 0 bridgehead atoms. The molecule has 1 aliphatic carbocycles. The molecule has 1 N–H and O–H groups in total. The lowest BCUT2D eigenvalue weighted by molar-refractivity contribution is 0.101. The van der Waals surface area contributed by atoms with Crippen molar-refractivity contribution in [3.05, 3.63) is 24.2 Å². The molecule has 2 unspecified atom stereocenters. The van der Waals surface area contributed by atoms with Gasteiger partial charge in [0.25, 0.3) is 0 Å². The topological polar surface area (TPSA) is 34.4 Å². The van der Waals surface area contributed by atoms with Crippen molar-refractivity contribution < 1.29 is 9.15 Å². The Bertz CT molecular complexity index is 372. The van der Waals surface area contributed by atoms with Crippen molar-refractivity contribution in [2.75, 3.05) is 13.2 Å². The summed E-state index contributed by atoms with van der Waals surface area (Å²) in [5.41, 5.74) is 0.491. The number of hydrogen-bond acceptors (Lipinski definition) is 3. The fourth-order valence-corrected chi connectivity index (χ4v) is 3.55. The van der Waals surface area contributed by atoms with E-state index < -0.39 is 0 Å². The summed E-state index contributed by atoms with van der Waals surface area (Å²) in [6.45, 7) is 9.58. The summed E-state index contributed by atoms with van der Waals surface area (Å²) >= 11 is 0. The Morgan fingerprint density at radius 2 is 2.25 bits per heavy atom. The first-order valence-electron chi connectivity index (χ1n) is 7.89. The van der Waals surface area contributed by atoms with E-state index in [1.165, 1.54) is 19.3 Å². The first-order chi connectivity index (χ1) is 9.55. The van der Waals surface area contributed by atoms with Crippen molar-refractivity contribution >= 4 is 0 Å². The van der Waals surface area contributed by atoms with Crippen LogP contribution in [0.1, 0.15) is 52.2 Å². The van der Waals surface area contributed by atoms with Gasteiger partial charge in [0.2, 0.25) is 0 Å². The highest BCUT2D eigenvalue weighted by Gasteiger charge is 2.31. The van der Waals surface area contributed by atoms with Crippen molar-refractivity contribution in [1.82, 2.24) is 5.32 Å². The molecule has 0 spiro atoms. The molecule has 2 rings (SSSR count). The summed E-state index contributed by atoms with van der Waals surface area (Å²) in [7, 11) is 0. The highest BCUT2D eigenvalue weighted by molar-refractivity contribution is 4.96. The van der Waals surface area contributed by atoms with E-state index in [1.807, 2.05) is 12.1 Å². The lowest BCUT2D eigenvalue weighted by Gasteiger charge is -2.39. The summed E-state index contributed by atoms with van der Waals surface area (Å²) < 4.78 is 10.8. The zero-order chi connectivity index (χ0) is 14.4. The molecule has 1 heterocycles. The van der Waals surface area contributed by atoms with Gasteiger partial charge in [-0.3, -0.25) is 0 Å². The molecule has 1 fully saturated rings. The first kappa shape index (κ1) is 15.6. The van der Waals surface area contributed by atoms with Gasteiger partial charge in [-0.05, 0) is 55.7 Å². The van der Waals surface area contributed by atoms with Gasteiger partial charge in [0.15, 0.2) is 0 Å². The van der Waals surface area contributed by atoms with Crippen LogP contribution in [0.15, 0.2) is 22.8 Å². The minimum Gasteiger partial charge on any atom is -0.467 e. The Morgan fingerprint density at radius 3 is 2.95 bits per heavy atom. The minimum atomic E-state index is 0.491. The molecular formula is C17H29NO2. The van der Waals surface area contributed by atoms with Crippen LogP contribution in [-0.4, -0.2) is 19.2 Å². The van der Waals surface area contributed by atoms with E-state index in [-0.39, 0.29) is 0 Å². The summed E-state index contributed by atoms with van der Waals surface area (Å²) in [5, 5.41) is 3.70. The summed E-state index contributed by atoms with van der Waals surface area (Å²) in [5.74, 6) is 1.74. The van der Waals surface area contributed by atoms with E-state index in [2.05, 4.69) is 26.1 Å². The molecule has 0 amide bonds. The molecule has 1 aromatic rings. The summed E-state index contributed by atoms with van der Waals surface area (Å²) in [4.78, 5) is 0. The van der Waals surface area contributed by atoms with E-state index in [0.29, 0.717) is 18.1 Å². The number of hydrogen-bond donors (Lipinski definition) is 1. The maximum absolute atomic E-state index is 5.60. The van der Waals surface area contributed by atoms with Crippen molar-refractivity contribution in [3.63, 3.8) is 0 Å². The summed E-state index contributed by atoms with van der Waals surface area (Å²) in [6, 6.07) is 4.52. The van der Waals surface area contributed by atoms with E-state index >= 15 is 0 Å². The zero-order valence-electron chi connectivity index (χ0n) is 13.2. The van der Waals surface area contributed by atoms with E-state index in [9.17, 15) is 0 Å². The normalized spacial score (nSPS) is 25.8. The first-order valence-corrected chi connectivity index (χ1v) is 7.89. The molecule has 0 radical (unpaired) electrons. The highest BCUT2D eigenvalue weighted by Crippen LogP contribution is 2.38. The third-order valence-corrected chi connectivity index (χ3v) is 4.11. The maximum Gasteiger partial charge on any atom is 0.129 e. The van der Waals surface area contributed by atoms with E-state index in [1.54, 1.807) is 6.26 Å². The van der Waals surface area contributed by atoms with Crippen molar-refractivity contribution in [3.8, 4) is 0 Å². The molecule has 3 heteroatoms. The van der Waals surface area contributed by atoms with Gasteiger partial charge in [0, 0.05) is 12.6 Å². The quantitative estimate of drug-likeness (QED) is 0.766. The van der Waals surface area contributed by atoms with Gasteiger partial charge in [-0.15, -0.1) is 0 Å². The Kier molecular flexibility index (Phi) is 5.67. The molecule has 114 valence electrons. The third-order valence-electron chi connectivity index (χ3n) is 4.11. The Labute approximate surface area is 123 Å². The van der Waals surface area contributed by atoms with Crippen molar-refractivity contribution in [2.24, 2.45) is 11.3 Å². The fraction of sp³-hybridized carbons (Fsp3) is 0.765. The predicted octanol–water partition coefficient (Wildman–Crippen LogP) is 3.99. The van der Waals surface area contributed by atoms with Crippen LogP contribution in [0.3, 0.4) is 0 Å². The van der Waals surface area contributed by atoms with Crippen molar-refractivity contribution in [1.29, 1.82) is 0 Å². The molecule has 3 nitrogen and oxygen atoms in total. The summed E-state index contributed by atoms with van der Waals surface area (Å²) in [6.07, 6.45) is 6.72. The van der Waals surface area contributed by atoms with Gasteiger partial charge in [-0.2, -0.15) is 0 Å². The van der Waals surface area contributed by atoms with Crippen LogP contribution >= 0.6 is 0 Å². The van der Waals surface area contributed by atoms with Crippen LogP contribution in [0.4, 0.5) is 0 Å². The second kappa shape index (κ2) is 7.28. The Morgan fingerprint density at radius 1 is 1.40 bits per heavy atom. The van der Waals surface area contributed by atoms with Crippen LogP contribution in [0, 0.1) is 11.3 Å². The molecule has 0 aromatic carbocycles. The number of ether oxygens (including phenoxy) is 1.